The first-order valence-electron chi connectivity index (χ1n) is 8.18. The number of rotatable bonds is 6. The molecule has 1 aromatic heterocycles. The largest absolute Gasteiger partial charge is 0.494 e. The maximum absolute atomic E-state index is 12.1. The summed E-state index contributed by atoms with van der Waals surface area (Å²) in [6, 6.07) is 18.7. The van der Waals surface area contributed by atoms with Gasteiger partial charge in [-0.25, -0.2) is 10.4 Å². The van der Waals surface area contributed by atoms with Crippen LogP contribution in [0.15, 0.2) is 65.8 Å². The van der Waals surface area contributed by atoms with Gasteiger partial charge in [-0.1, -0.05) is 31.2 Å². The molecule has 0 radical (unpaired) electrons. The van der Waals surface area contributed by atoms with Crippen molar-refractivity contribution in [1.29, 1.82) is 0 Å². The van der Waals surface area contributed by atoms with Gasteiger partial charge in [0, 0.05) is 5.39 Å². The second kappa shape index (κ2) is 8.06. The Hall–Kier alpha value is -3.21. The summed E-state index contributed by atoms with van der Waals surface area (Å²) >= 11 is 0. The molecule has 0 spiro atoms. The fraction of sp³-hybridized carbons (Fsp3) is 0.150. The fourth-order valence-corrected chi connectivity index (χ4v) is 2.29. The van der Waals surface area contributed by atoms with Crippen LogP contribution in [0.25, 0.3) is 10.9 Å². The highest BCUT2D eigenvalue weighted by molar-refractivity contribution is 5.95. The number of amides is 1. The van der Waals surface area contributed by atoms with Crippen LogP contribution >= 0.6 is 0 Å². The van der Waals surface area contributed by atoms with Crippen LogP contribution in [0.5, 0.6) is 5.75 Å². The number of hydrogen-bond donors (Lipinski definition) is 1. The van der Waals surface area contributed by atoms with Crippen LogP contribution in [-0.4, -0.2) is 23.7 Å². The molecule has 1 amide bonds. The van der Waals surface area contributed by atoms with Crippen LogP contribution in [-0.2, 0) is 0 Å². The second-order valence-corrected chi connectivity index (χ2v) is 5.51. The molecule has 0 unspecified atom stereocenters. The molecule has 0 bridgehead atoms. The average molecular weight is 333 g/mol. The molecule has 0 atom stereocenters. The van der Waals surface area contributed by atoms with Gasteiger partial charge in [-0.15, -0.1) is 0 Å². The molecule has 3 aromatic rings. The number of fused-ring (bicyclic) bond motifs is 1. The summed E-state index contributed by atoms with van der Waals surface area (Å²) in [6.45, 7) is 2.76. The number of hydrogen-bond acceptors (Lipinski definition) is 4. The number of aromatic nitrogens is 1. The van der Waals surface area contributed by atoms with Crippen LogP contribution < -0.4 is 10.2 Å². The Morgan fingerprint density at radius 3 is 2.72 bits per heavy atom. The van der Waals surface area contributed by atoms with Crippen molar-refractivity contribution < 1.29 is 9.53 Å². The van der Waals surface area contributed by atoms with E-state index in [9.17, 15) is 4.79 Å². The fourth-order valence-electron chi connectivity index (χ4n) is 2.29. The number of nitrogens with one attached hydrogen (secondary N) is 1. The maximum atomic E-state index is 12.1. The number of ether oxygens (including phenoxy) is 1. The van der Waals surface area contributed by atoms with E-state index in [1.807, 2.05) is 54.6 Å². The van der Waals surface area contributed by atoms with E-state index < -0.39 is 0 Å². The molecule has 0 aliphatic heterocycles. The van der Waals surface area contributed by atoms with Gasteiger partial charge in [0.25, 0.3) is 5.91 Å². The summed E-state index contributed by atoms with van der Waals surface area (Å²) in [5, 5.41) is 4.98. The molecule has 0 aliphatic carbocycles. The molecule has 25 heavy (non-hydrogen) atoms. The topological polar surface area (TPSA) is 63.6 Å². The van der Waals surface area contributed by atoms with E-state index in [1.165, 1.54) is 0 Å². The van der Waals surface area contributed by atoms with Crippen molar-refractivity contribution in [2.45, 2.75) is 13.3 Å². The molecular formula is C20H19N3O2. The first-order valence-corrected chi connectivity index (χ1v) is 8.18. The molecule has 5 heteroatoms. The van der Waals surface area contributed by atoms with Gasteiger partial charge in [0.05, 0.1) is 18.3 Å². The standard InChI is InChI=1S/C20H19N3O2/c1-2-13-25-17-10-7-15(8-11-17)14-21-23-20(24)19-12-9-16-5-3-4-6-18(16)22-19/h3-12,14H,2,13H2,1H3,(H,23,24)/b21-14-. The quantitative estimate of drug-likeness (QED) is 0.551. The molecule has 2 aromatic carbocycles. The molecule has 126 valence electrons. The minimum absolute atomic E-state index is 0.333. The predicted octanol–water partition coefficient (Wildman–Crippen LogP) is 3.79. The maximum Gasteiger partial charge on any atom is 0.289 e. The van der Waals surface area contributed by atoms with E-state index in [4.69, 9.17) is 4.74 Å². The number of pyridine rings is 1. The zero-order valence-electron chi connectivity index (χ0n) is 14.0. The summed E-state index contributed by atoms with van der Waals surface area (Å²) < 4.78 is 5.52. The molecule has 1 heterocycles. The van der Waals surface area contributed by atoms with Crippen LogP contribution in [0, 0.1) is 0 Å². The van der Waals surface area contributed by atoms with Gasteiger partial charge in [0.1, 0.15) is 11.4 Å². The molecule has 0 saturated carbocycles. The molecule has 1 N–H and O–H groups in total. The number of carbonyl (C=O) groups is 1. The van der Waals surface area contributed by atoms with Crippen molar-refractivity contribution in [3.8, 4) is 5.75 Å². The number of carbonyl (C=O) groups excluding carboxylic acids is 1. The smallest absolute Gasteiger partial charge is 0.289 e. The second-order valence-electron chi connectivity index (χ2n) is 5.51. The van der Waals surface area contributed by atoms with Crippen molar-refractivity contribution in [3.05, 3.63) is 71.9 Å². The normalized spacial score (nSPS) is 10.9. The molecule has 5 nitrogen and oxygen atoms in total. The lowest BCUT2D eigenvalue weighted by molar-refractivity contribution is 0.0950. The van der Waals surface area contributed by atoms with E-state index >= 15 is 0 Å². The summed E-state index contributed by atoms with van der Waals surface area (Å²) in [5.41, 5.74) is 4.48. The number of para-hydroxylation sites is 1. The highest BCUT2D eigenvalue weighted by atomic mass is 16.5. The summed E-state index contributed by atoms with van der Waals surface area (Å²) in [4.78, 5) is 16.5. The van der Waals surface area contributed by atoms with E-state index in [1.54, 1.807) is 12.3 Å². The lowest BCUT2D eigenvalue weighted by Gasteiger charge is -2.04. The van der Waals surface area contributed by atoms with Crippen molar-refractivity contribution in [3.63, 3.8) is 0 Å². The molecule has 0 aliphatic rings. The number of nitrogens with zero attached hydrogens (tertiary/aromatic N) is 2. The third-order valence-corrected chi connectivity index (χ3v) is 3.56. The van der Waals surface area contributed by atoms with Gasteiger partial charge < -0.3 is 4.74 Å². The Bertz CT molecular complexity index is 889. The van der Waals surface area contributed by atoms with Crippen molar-refractivity contribution in [2.75, 3.05) is 6.61 Å². The van der Waals surface area contributed by atoms with Gasteiger partial charge >= 0.3 is 0 Å². The third-order valence-electron chi connectivity index (χ3n) is 3.56. The highest BCUT2D eigenvalue weighted by Crippen LogP contribution is 2.12. The van der Waals surface area contributed by atoms with Crippen LogP contribution in [0.4, 0.5) is 0 Å². The molecular weight excluding hydrogens is 314 g/mol. The van der Waals surface area contributed by atoms with E-state index in [2.05, 4.69) is 22.4 Å². The first kappa shape index (κ1) is 16.6. The lowest BCUT2D eigenvalue weighted by Crippen LogP contribution is -2.18. The van der Waals surface area contributed by atoms with E-state index in [-0.39, 0.29) is 5.91 Å². The summed E-state index contributed by atoms with van der Waals surface area (Å²) in [6.07, 6.45) is 2.56. The van der Waals surface area contributed by atoms with Gasteiger partial charge in [0.2, 0.25) is 0 Å². The minimum atomic E-state index is -0.343. The predicted molar refractivity (Wildman–Crippen MR) is 99.0 cm³/mol. The van der Waals surface area contributed by atoms with Crippen LogP contribution in [0.3, 0.4) is 0 Å². The first-order chi connectivity index (χ1) is 12.3. The van der Waals surface area contributed by atoms with Crippen molar-refractivity contribution in [2.24, 2.45) is 5.10 Å². The molecule has 0 fully saturated rings. The van der Waals surface area contributed by atoms with E-state index in [0.29, 0.717) is 12.3 Å². The Labute approximate surface area is 146 Å². The molecule has 3 rings (SSSR count). The van der Waals surface area contributed by atoms with Crippen molar-refractivity contribution in [1.82, 2.24) is 10.4 Å². The number of hydrazone groups is 1. The SMILES string of the molecule is CCCOc1ccc(/C=N\NC(=O)c2ccc3ccccc3n2)cc1. The average Bonchev–Trinajstić information content (AvgIpc) is 2.67. The Kier molecular flexibility index (Phi) is 5.36. The van der Waals surface area contributed by atoms with Crippen molar-refractivity contribution >= 4 is 23.0 Å². The molecule has 0 saturated heterocycles. The zero-order chi connectivity index (χ0) is 17.5. The van der Waals surface area contributed by atoms with Gasteiger partial charge in [-0.2, -0.15) is 5.10 Å². The summed E-state index contributed by atoms with van der Waals surface area (Å²) in [5.74, 6) is 0.480. The highest BCUT2D eigenvalue weighted by Gasteiger charge is 2.06. The summed E-state index contributed by atoms with van der Waals surface area (Å²) in [7, 11) is 0. The third kappa shape index (κ3) is 4.41. The van der Waals surface area contributed by atoms with Gasteiger partial charge in [-0.05, 0) is 48.4 Å². The number of benzene rings is 2. The van der Waals surface area contributed by atoms with Gasteiger partial charge in [-0.3, -0.25) is 4.79 Å². The lowest BCUT2D eigenvalue weighted by atomic mass is 10.2. The monoisotopic (exact) mass is 333 g/mol. The zero-order valence-corrected chi connectivity index (χ0v) is 14.0. The van der Waals surface area contributed by atoms with E-state index in [0.717, 1.165) is 28.6 Å². The van der Waals surface area contributed by atoms with Crippen LogP contribution in [0.2, 0.25) is 0 Å². The van der Waals surface area contributed by atoms with Crippen LogP contribution in [0.1, 0.15) is 29.4 Å². The minimum Gasteiger partial charge on any atom is -0.494 e. The Morgan fingerprint density at radius 1 is 1.12 bits per heavy atom. The Morgan fingerprint density at radius 2 is 1.92 bits per heavy atom. The van der Waals surface area contributed by atoms with Gasteiger partial charge in [0.15, 0.2) is 0 Å². The Balaban J connectivity index is 1.61.